The van der Waals surface area contributed by atoms with Gasteiger partial charge in [0, 0.05) is 24.7 Å². The Morgan fingerprint density at radius 3 is 2.43 bits per heavy atom. The third-order valence-electron chi connectivity index (χ3n) is 4.88. The highest BCUT2D eigenvalue weighted by Crippen LogP contribution is 2.26. The zero-order valence-electron chi connectivity index (χ0n) is 16.2. The summed E-state index contributed by atoms with van der Waals surface area (Å²) in [5, 5.41) is 2.94. The summed E-state index contributed by atoms with van der Waals surface area (Å²) in [6.07, 6.45) is 1.02. The fraction of sp³-hybridized carbons (Fsp3) is 0.381. The van der Waals surface area contributed by atoms with Gasteiger partial charge in [-0.25, -0.2) is 8.42 Å². The lowest BCUT2D eigenvalue weighted by atomic mass is 9.97. The van der Waals surface area contributed by atoms with Crippen molar-refractivity contribution in [2.75, 3.05) is 25.0 Å². The van der Waals surface area contributed by atoms with Crippen LogP contribution >= 0.6 is 0 Å². The SMILES string of the molecule is CCOc1ccc(S(=O)(=O)N2CCC(C(=O)Nc3cccc(C)c3)CC2)cc1. The molecule has 0 atom stereocenters. The molecule has 1 N–H and O–H groups in total. The van der Waals surface area contributed by atoms with Gasteiger partial charge in [-0.1, -0.05) is 12.1 Å². The molecule has 6 nitrogen and oxygen atoms in total. The molecule has 0 bridgehead atoms. The minimum Gasteiger partial charge on any atom is -0.494 e. The molecule has 7 heteroatoms. The highest BCUT2D eigenvalue weighted by atomic mass is 32.2. The lowest BCUT2D eigenvalue weighted by molar-refractivity contribution is -0.120. The Morgan fingerprint density at radius 2 is 1.82 bits per heavy atom. The molecule has 28 heavy (non-hydrogen) atoms. The van der Waals surface area contributed by atoms with Gasteiger partial charge in [0.15, 0.2) is 0 Å². The first kappa shape index (κ1) is 20.4. The first-order chi connectivity index (χ1) is 13.4. The fourth-order valence-corrected chi connectivity index (χ4v) is 4.82. The lowest BCUT2D eigenvalue weighted by Crippen LogP contribution is -2.41. The molecule has 0 unspecified atom stereocenters. The molecule has 2 aromatic rings. The molecule has 150 valence electrons. The van der Waals surface area contributed by atoms with Gasteiger partial charge in [-0.05, 0) is 68.7 Å². The first-order valence-corrected chi connectivity index (χ1v) is 10.9. The number of carbonyl (C=O) groups is 1. The molecule has 0 saturated carbocycles. The predicted molar refractivity (Wildman–Crippen MR) is 109 cm³/mol. The van der Waals surface area contributed by atoms with Gasteiger partial charge in [0.1, 0.15) is 5.75 Å². The van der Waals surface area contributed by atoms with Crippen molar-refractivity contribution in [2.45, 2.75) is 31.6 Å². The van der Waals surface area contributed by atoms with Crippen LogP contribution in [0.1, 0.15) is 25.3 Å². The van der Waals surface area contributed by atoms with Crippen LogP contribution in [0.3, 0.4) is 0 Å². The quantitative estimate of drug-likeness (QED) is 0.803. The van der Waals surface area contributed by atoms with Crippen LogP contribution in [0.25, 0.3) is 0 Å². The van der Waals surface area contributed by atoms with Crippen LogP contribution in [0, 0.1) is 12.8 Å². The van der Waals surface area contributed by atoms with Crippen LogP contribution in [0.15, 0.2) is 53.4 Å². The van der Waals surface area contributed by atoms with Crippen LogP contribution < -0.4 is 10.1 Å². The second kappa shape index (κ2) is 8.75. The number of aryl methyl sites for hydroxylation is 1. The van der Waals surface area contributed by atoms with E-state index in [-0.39, 0.29) is 16.7 Å². The summed E-state index contributed by atoms with van der Waals surface area (Å²) in [4.78, 5) is 12.8. The molecule has 1 heterocycles. The molecular weight excluding hydrogens is 376 g/mol. The van der Waals surface area contributed by atoms with E-state index >= 15 is 0 Å². The molecule has 1 amide bonds. The minimum atomic E-state index is -3.56. The van der Waals surface area contributed by atoms with Gasteiger partial charge in [-0.3, -0.25) is 4.79 Å². The number of benzene rings is 2. The third kappa shape index (κ3) is 4.72. The van der Waals surface area contributed by atoms with Crippen molar-refractivity contribution in [1.82, 2.24) is 4.31 Å². The summed E-state index contributed by atoms with van der Waals surface area (Å²) in [7, 11) is -3.56. The maximum atomic E-state index is 12.8. The van der Waals surface area contributed by atoms with E-state index in [4.69, 9.17) is 4.74 Å². The normalized spacial score (nSPS) is 15.9. The summed E-state index contributed by atoms with van der Waals surface area (Å²) in [5.74, 6) is 0.406. The third-order valence-corrected chi connectivity index (χ3v) is 6.80. The Bertz CT molecular complexity index is 918. The van der Waals surface area contributed by atoms with Crippen molar-refractivity contribution in [3.8, 4) is 5.75 Å². The van der Waals surface area contributed by atoms with Crippen LogP contribution in [0.5, 0.6) is 5.75 Å². The highest BCUT2D eigenvalue weighted by molar-refractivity contribution is 7.89. The van der Waals surface area contributed by atoms with E-state index in [9.17, 15) is 13.2 Å². The molecular formula is C21H26N2O4S. The summed E-state index contributed by atoms with van der Waals surface area (Å²) in [6.45, 7) is 5.05. The number of nitrogens with one attached hydrogen (secondary N) is 1. The van der Waals surface area contributed by atoms with E-state index in [0.717, 1.165) is 11.3 Å². The van der Waals surface area contributed by atoms with Crippen molar-refractivity contribution in [1.29, 1.82) is 0 Å². The molecule has 1 aliphatic rings. The van der Waals surface area contributed by atoms with Gasteiger partial charge in [-0.15, -0.1) is 0 Å². The van der Waals surface area contributed by atoms with E-state index in [1.807, 2.05) is 38.1 Å². The van der Waals surface area contributed by atoms with Crippen LogP contribution in [-0.2, 0) is 14.8 Å². The largest absolute Gasteiger partial charge is 0.494 e. The van der Waals surface area contributed by atoms with Crippen molar-refractivity contribution in [3.05, 3.63) is 54.1 Å². The molecule has 1 aliphatic heterocycles. The number of hydrogen-bond acceptors (Lipinski definition) is 4. The van der Waals surface area contributed by atoms with E-state index in [1.54, 1.807) is 24.3 Å². The maximum absolute atomic E-state index is 12.8. The topological polar surface area (TPSA) is 75.7 Å². The van der Waals surface area contributed by atoms with Gasteiger partial charge >= 0.3 is 0 Å². The lowest BCUT2D eigenvalue weighted by Gasteiger charge is -2.30. The summed E-state index contributed by atoms with van der Waals surface area (Å²) in [6, 6.07) is 14.1. The molecule has 3 rings (SSSR count). The van der Waals surface area contributed by atoms with Crippen LogP contribution in [-0.4, -0.2) is 38.3 Å². The standard InChI is InChI=1S/C21H26N2O4S/c1-3-27-19-7-9-20(10-8-19)28(25,26)23-13-11-17(12-14-23)21(24)22-18-6-4-5-16(2)15-18/h4-10,15,17H,3,11-14H2,1-2H3,(H,22,24). The number of nitrogens with zero attached hydrogens (tertiary/aromatic N) is 1. The monoisotopic (exact) mass is 402 g/mol. The number of carbonyl (C=O) groups excluding carboxylic acids is 1. The van der Waals surface area contributed by atoms with E-state index in [1.165, 1.54) is 4.31 Å². The Balaban J connectivity index is 1.60. The first-order valence-electron chi connectivity index (χ1n) is 9.50. The van der Waals surface area contributed by atoms with Crippen molar-refractivity contribution in [2.24, 2.45) is 5.92 Å². The molecule has 1 fully saturated rings. The number of ether oxygens (including phenoxy) is 1. The number of amides is 1. The molecule has 0 spiro atoms. The van der Waals surface area contributed by atoms with Gasteiger partial charge in [0.05, 0.1) is 11.5 Å². The average molecular weight is 403 g/mol. The minimum absolute atomic E-state index is 0.0521. The van der Waals surface area contributed by atoms with Crippen molar-refractivity contribution in [3.63, 3.8) is 0 Å². The van der Waals surface area contributed by atoms with Crippen molar-refractivity contribution < 1.29 is 17.9 Å². The number of anilines is 1. The zero-order valence-corrected chi connectivity index (χ0v) is 17.0. The summed E-state index contributed by atoms with van der Waals surface area (Å²) >= 11 is 0. The number of piperidine rings is 1. The predicted octanol–water partition coefficient (Wildman–Crippen LogP) is 3.43. The smallest absolute Gasteiger partial charge is 0.243 e. The van der Waals surface area contributed by atoms with E-state index in [2.05, 4.69) is 5.32 Å². The zero-order chi connectivity index (χ0) is 20.1. The Hall–Kier alpha value is -2.38. The van der Waals surface area contributed by atoms with Gasteiger partial charge in [0.2, 0.25) is 15.9 Å². The highest BCUT2D eigenvalue weighted by Gasteiger charge is 2.32. The Kier molecular flexibility index (Phi) is 6.36. The molecule has 0 radical (unpaired) electrons. The van der Waals surface area contributed by atoms with E-state index < -0.39 is 10.0 Å². The number of sulfonamides is 1. The van der Waals surface area contributed by atoms with Gasteiger partial charge < -0.3 is 10.1 Å². The van der Waals surface area contributed by atoms with Crippen LogP contribution in [0.4, 0.5) is 5.69 Å². The molecule has 0 aromatic heterocycles. The molecule has 1 saturated heterocycles. The molecule has 2 aromatic carbocycles. The Labute approximate surface area is 166 Å². The van der Waals surface area contributed by atoms with Gasteiger partial charge in [0.25, 0.3) is 0 Å². The van der Waals surface area contributed by atoms with E-state index in [0.29, 0.717) is 38.3 Å². The number of rotatable bonds is 6. The Morgan fingerprint density at radius 1 is 1.14 bits per heavy atom. The number of hydrogen-bond donors (Lipinski definition) is 1. The molecule has 0 aliphatic carbocycles. The maximum Gasteiger partial charge on any atom is 0.243 e. The second-order valence-electron chi connectivity index (χ2n) is 6.94. The summed E-state index contributed by atoms with van der Waals surface area (Å²) < 4.78 is 32.5. The fourth-order valence-electron chi connectivity index (χ4n) is 3.35. The average Bonchev–Trinajstić information content (AvgIpc) is 2.69. The van der Waals surface area contributed by atoms with Gasteiger partial charge in [-0.2, -0.15) is 4.31 Å². The van der Waals surface area contributed by atoms with Crippen molar-refractivity contribution >= 4 is 21.6 Å². The summed E-state index contributed by atoms with van der Waals surface area (Å²) in [5.41, 5.74) is 1.85. The van der Waals surface area contributed by atoms with Crippen LogP contribution in [0.2, 0.25) is 0 Å². The second-order valence-corrected chi connectivity index (χ2v) is 8.88.